The summed E-state index contributed by atoms with van der Waals surface area (Å²) in [7, 11) is 0. The van der Waals surface area contributed by atoms with Gasteiger partial charge in [0.2, 0.25) is 0 Å². The molecule has 0 bridgehead atoms. The quantitative estimate of drug-likeness (QED) is 0.614. The van der Waals surface area contributed by atoms with E-state index in [9.17, 15) is 10.2 Å². The van der Waals surface area contributed by atoms with Crippen LogP contribution in [0.5, 0.6) is 0 Å². The van der Waals surface area contributed by atoms with Crippen LogP contribution in [0.3, 0.4) is 0 Å². The van der Waals surface area contributed by atoms with E-state index in [2.05, 4.69) is 15.0 Å². The lowest BCUT2D eigenvalue weighted by molar-refractivity contribution is -0.0291. The van der Waals surface area contributed by atoms with E-state index < -0.39 is 24.5 Å². The molecule has 3 heterocycles. The third-order valence-corrected chi connectivity index (χ3v) is 3.66. The fraction of sp³-hybridized carbons (Fsp3) is 0.500. The molecule has 0 saturated carbocycles. The highest BCUT2D eigenvalue weighted by Gasteiger charge is 2.43. The summed E-state index contributed by atoms with van der Waals surface area (Å²) in [6.07, 6.45) is -0.902. The van der Waals surface area contributed by atoms with Crippen LogP contribution in [0.25, 0.3) is 11.2 Å². The molecule has 102 valence electrons. The van der Waals surface area contributed by atoms with Crippen LogP contribution < -0.4 is 0 Å². The van der Waals surface area contributed by atoms with Crippen molar-refractivity contribution in [2.45, 2.75) is 24.5 Å². The summed E-state index contributed by atoms with van der Waals surface area (Å²) < 4.78 is 7.02. The van der Waals surface area contributed by atoms with Crippen molar-refractivity contribution in [3.8, 4) is 0 Å². The van der Waals surface area contributed by atoms with Crippen molar-refractivity contribution in [1.82, 2.24) is 19.5 Å². The van der Waals surface area contributed by atoms with Gasteiger partial charge < -0.3 is 14.9 Å². The van der Waals surface area contributed by atoms with Gasteiger partial charge in [0.05, 0.1) is 12.2 Å². The van der Waals surface area contributed by atoms with Crippen LogP contribution in [0.1, 0.15) is 6.23 Å². The first kappa shape index (κ1) is 13.0. The molecule has 9 heteroatoms. The highest BCUT2D eigenvalue weighted by atomic mass is 35.5. The van der Waals surface area contributed by atoms with Crippen molar-refractivity contribution in [2.24, 2.45) is 0 Å². The Hall–Kier alpha value is -0.990. The summed E-state index contributed by atoms with van der Waals surface area (Å²) in [5.41, 5.74) is 0.829. The third-order valence-electron chi connectivity index (χ3n) is 3.08. The highest BCUT2D eigenvalue weighted by Crippen LogP contribution is 2.32. The zero-order valence-corrected chi connectivity index (χ0v) is 11.0. The Kier molecular flexibility index (Phi) is 3.32. The maximum absolute atomic E-state index is 10.0. The van der Waals surface area contributed by atoms with Crippen LogP contribution in [0.4, 0.5) is 0 Å². The number of aliphatic hydroxyl groups is 2. The molecule has 1 aliphatic rings. The molecule has 7 nitrogen and oxygen atoms in total. The maximum atomic E-state index is 10.0. The average Bonchev–Trinajstić information content (AvgIpc) is 2.94. The van der Waals surface area contributed by atoms with E-state index in [1.165, 1.54) is 17.2 Å². The van der Waals surface area contributed by atoms with E-state index >= 15 is 0 Å². The number of alkyl halides is 1. The number of nitrogens with zero attached hydrogens (tertiary/aromatic N) is 4. The van der Waals surface area contributed by atoms with Crippen molar-refractivity contribution in [1.29, 1.82) is 0 Å². The zero-order valence-electron chi connectivity index (χ0n) is 9.52. The van der Waals surface area contributed by atoms with Gasteiger partial charge in [0.25, 0.3) is 0 Å². The van der Waals surface area contributed by atoms with Crippen LogP contribution in [0.2, 0.25) is 5.15 Å². The van der Waals surface area contributed by atoms with Crippen LogP contribution in [-0.2, 0) is 4.74 Å². The Balaban J connectivity index is 2.04. The standard InChI is InChI=1S/C10H10Cl2N4O3/c11-1-4-6(17)7(18)10(19-4)16-3-15-5-8(12)13-2-14-9(5)16/h2-4,6-7,10,17-18H,1H2/t4-,6?,7+,10-/m1/s1. The second-order valence-electron chi connectivity index (χ2n) is 4.19. The summed E-state index contributed by atoms with van der Waals surface area (Å²) in [4.78, 5) is 11.9. The van der Waals surface area contributed by atoms with E-state index in [-0.39, 0.29) is 11.0 Å². The number of aliphatic hydroxyl groups excluding tert-OH is 2. The van der Waals surface area contributed by atoms with Crippen LogP contribution in [0, 0.1) is 0 Å². The number of rotatable bonds is 2. The summed E-state index contributed by atoms with van der Waals surface area (Å²) >= 11 is 11.6. The van der Waals surface area contributed by atoms with E-state index in [0.717, 1.165) is 0 Å². The number of aromatic nitrogens is 4. The van der Waals surface area contributed by atoms with E-state index in [1.807, 2.05) is 0 Å². The molecule has 2 N–H and O–H groups in total. The van der Waals surface area contributed by atoms with E-state index in [4.69, 9.17) is 27.9 Å². The van der Waals surface area contributed by atoms with Crippen molar-refractivity contribution in [3.05, 3.63) is 17.8 Å². The van der Waals surface area contributed by atoms with Crippen LogP contribution >= 0.6 is 23.2 Å². The normalized spacial score (nSPS) is 31.2. The predicted octanol–water partition coefficient (Wildman–Crippen LogP) is 0.338. The van der Waals surface area contributed by atoms with Gasteiger partial charge in [-0.3, -0.25) is 4.57 Å². The molecule has 2 aromatic heterocycles. The number of hydrogen-bond acceptors (Lipinski definition) is 6. The van der Waals surface area contributed by atoms with Gasteiger partial charge in [-0.1, -0.05) is 11.6 Å². The molecule has 4 atom stereocenters. The maximum Gasteiger partial charge on any atom is 0.167 e. The van der Waals surface area contributed by atoms with Gasteiger partial charge in [0.1, 0.15) is 30.2 Å². The van der Waals surface area contributed by atoms with Gasteiger partial charge in [0, 0.05) is 0 Å². The number of hydrogen-bond donors (Lipinski definition) is 2. The summed E-state index contributed by atoms with van der Waals surface area (Å²) in [5.74, 6) is 0.0805. The van der Waals surface area contributed by atoms with Crippen LogP contribution in [0.15, 0.2) is 12.7 Å². The Bertz CT molecular complexity index is 607. The molecule has 0 aromatic carbocycles. The molecule has 1 fully saturated rings. The highest BCUT2D eigenvalue weighted by molar-refractivity contribution is 6.33. The minimum absolute atomic E-state index is 0.0805. The lowest BCUT2D eigenvalue weighted by Gasteiger charge is -2.16. The summed E-state index contributed by atoms with van der Waals surface area (Å²) in [6, 6.07) is 0. The largest absolute Gasteiger partial charge is 0.387 e. The Morgan fingerprint density at radius 2 is 2.05 bits per heavy atom. The SMILES string of the molecule is OC1[C@@H](CCl)O[C@@H](n2cnc3c(Cl)ncnc32)[C@H]1O. The second-order valence-corrected chi connectivity index (χ2v) is 4.86. The molecule has 0 spiro atoms. The molecular formula is C10H10Cl2N4O3. The first-order chi connectivity index (χ1) is 9.13. The van der Waals surface area contributed by atoms with Gasteiger partial charge in [-0.05, 0) is 0 Å². The van der Waals surface area contributed by atoms with Gasteiger partial charge in [0.15, 0.2) is 17.0 Å². The lowest BCUT2D eigenvalue weighted by Crippen LogP contribution is -2.32. The second kappa shape index (κ2) is 4.84. The first-order valence-electron chi connectivity index (χ1n) is 5.54. The smallest absolute Gasteiger partial charge is 0.167 e. The molecular weight excluding hydrogens is 295 g/mol. The fourth-order valence-electron chi connectivity index (χ4n) is 2.10. The van der Waals surface area contributed by atoms with Gasteiger partial charge in [-0.2, -0.15) is 0 Å². The fourth-order valence-corrected chi connectivity index (χ4v) is 2.53. The number of imidazole rings is 1. The molecule has 1 saturated heterocycles. The summed E-state index contributed by atoms with van der Waals surface area (Å²) in [6.45, 7) is 0. The monoisotopic (exact) mass is 304 g/mol. The number of ether oxygens (including phenoxy) is 1. The molecule has 19 heavy (non-hydrogen) atoms. The minimum Gasteiger partial charge on any atom is -0.387 e. The first-order valence-corrected chi connectivity index (χ1v) is 6.45. The molecule has 3 rings (SSSR count). The van der Waals surface area contributed by atoms with Crippen molar-refractivity contribution >= 4 is 34.4 Å². The van der Waals surface area contributed by atoms with Crippen molar-refractivity contribution in [2.75, 3.05) is 5.88 Å². The topological polar surface area (TPSA) is 93.3 Å². The number of fused-ring (bicyclic) bond motifs is 1. The number of halogens is 2. The molecule has 1 aliphatic heterocycles. The van der Waals surface area contributed by atoms with Gasteiger partial charge in [-0.25, -0.2) is 15.0 Å². The Morgan fingerprint density at radius 3 is 2.74 bits per heavy atom. The molecule has 1 unspecified atom stereocenters. The molecule has 0 radical (unpaired) electrons. The van der Waals surface area contributed by atoms with Gasteiger partial charge in [-0.15, -0.1) is 11.6 Å². The van der Waals surface area contributed by atoms with E-state index in [1.54, 1.807) is 0 Å². The zero-order chi connectivity index (χ0) is 13.6. The molecule has 0 amide bonds. The van der Waals surface area contributed by atoms with Crippen LogP contribution in [-0.4, -0.2) is 53.9 Å². The molecule has 0 aliphatic carbocycles. The predicted molar refractivity (Wildman–Crippen MR) is 67.0 cm³/mol. The molecule has 2 aromatic rings. The van der Waals surface area contributed by atoms with Crippen molar-refractivity contribution < 1.29 is 14.9 Å². The van der Waals surface area contributed by atoms with E-state index in [0.29, 0.717) is 11.2 Å². The summed E-state index contributed by atoms with van der Waals surface area (Å²) in [5, 5.41) is 20.0. The van der Waals surface area contributed by atoms with Crippen molar-refractivity contribution in [3.63, 3.8) is 0 Å². The Labute approximate surface area is 117 Å². The minimum atomic E-state index is -1.12. The Morgan fingerprint density at radius 1 is 1.26 bits per heavy atom. The third kappa shape index (κ3) is 1.98. The lowest BCUT2D eigenvalue weighted by atomic mass is 10.1. The van der Waals surface area contributed by atoms with Gasteiger partial charge >= 0.3 is 0 Å². The average molecular weight is 305 g/mol.